The van der Waals surface area contributed by atoms with Crippen molar-refractivity contribution in [2.24, 2.45) is 0 Å². The number of amides is 1. The molecule has 1 atom stereocenters. The van der Waals surface area contributed by atoms with Crippen molar-refractivity contribution in [3.8, 4) is 5.75 Å². The summed E-state index contributed by atoms with van der Waals surface area (Å²) in [6.45, 7) is 0.153. The number of methoxy groups -OCH3 is 1. The van der Waals surface area contributed by atoms with E-state index in [9.17, 15) is 21.6 Å². The molecular weight excluding hydrogens is 440 g/mol. The lowest BCUT2D eigenvalue weighted by Crippen LogP contribution is -2.46. The number of carbonyl (C=O) groups excluding carboxylic acids is 1. The number of nitrogens with one attached hydrogen (secondary N) is 2. The minimum Gasteiger partial charge on any atom is -0.497 e. The van der Waals surface area contributed by atoms with E-state index in [0.29, 0.717) is 11.3 Å². The van der Waals surface area contributed by atoms with E-state index in [1.54, 1.807) is 61.7 Å². The smallest absolute Gasteiger partial charge is 0.238 e. The standard InChI is InChI=1S/C21H26N2O6S2/c1-29-19-10-8-18(9-11-19)16-22-21(24)20(13-14-30(2,25)26)23-31(27,28)15-12-17-6-4-3-5-7-17/h3-12,15,20,23H,13-14,16H2,1-2H3,(H,22,24)/b15-12+. The topological polar surface area (TPSA) is 119 Å². The molecule has 8 nitrogen and oxygen atoms in total. The van der Waals surface area contributed by atoms with E-state index in [1.807, 2.05) is 0 Å². The van der Waals surface area contributed by atoms with Crippen LogP contribution in [0.5, 0.6) is 5.75 Å². The second kappa shape index (κ2) is 11.1. The molecule has 0 saturated heterocycles. The van der Waals surface area contributed by atoms with Gasteiger partial charge in [0.2, 0.25) is 15.9 Å². The van der Waals surface area contributed by atoms with Gasteiger partial charge in [0.15, 0.2) is 0 Å². The number of rotatable bonds is 11. The fourth-order valence-electron chi connectivity index (χ4n) is 2.60. The summed E-state index contributed by atoms with van der Waals surface area (Å²) in [4.78, 5) is 12.6. The van der Waals surface area contributed by atoms with Gasteiger partial charge in [-0.05, 0) is 35.8 Å². The molecule has 1 amide bonds. The Labute approximate surface area is 183 Å². The second-order valence-corrected chi connectivity index (χ2v) is 10.8. The fraction of sp³-hybridized carbons (Fsp3) is 0.286. The average Bonchev–Trinajstić information content (AvgIpc) is 2.74. The zero-order valence-corrected chi connectivity index (χ0v) is 18.9. The summed E-state index contributed by atoms with van der Waals surface area (Å²) in [5.41, 5.74) is 1.45. The lowest BCUT2D eigenvalue weighted by molar-refractivity contribution is -0.122. The zero-order chi connectivity index (χ0) is 22.9. The van der Waals surface area contributed by atoms with Gasteiger partial charge in [-0.15, -0.1) is 0 Å². The number of carbonyl (C=O) groups is 1. The first-order valence-corrected chi connectivity index (χ1v) is 13.0. The molecule has 0 spiro atoms. The van der Waals surface area contributed by atoms with Gasteiger partial charge in [-0.1, -0.05) is 42.5 Å². The summed E-state index contributed by atoms with van der Waals surface area (Å²) in [6.07, 6.45) is 2.24. The van der Waals surface area contributed by atoms with Crippen LogP contribution in [0.25, 0.3) is 6.08 Å². The summed E-state index contributed by atoms with van der Waals surface area (Å²) in [7, 11) is -5.83. The maximum Gasteiger partial charge on any atom is 0.238 e. The summed E-state index contributed by atoms with van der Waals surface area (Å²) in [5.74, 6) is -0.284. The Bertz CT molecular complexity index is 1100. The van der Waals surface area contributed by atoms with E-state index >= 15 is 0 Å². The molecule has 31 heavy (non-hydrogen) atoms. The van der Waals surface area contributed by atoms with Crippen LogP contribution in [0.2, 0.25) is 0 Å². The second-order valence-electron chi connectivity index (χ2n) is 6.91. The quantitative estimate of drug-likeness (QED) is 0.520. The predicted molar refractivity (Wildman–Crippen MR) is 120 cm³/mol. The highest BCUT2D eigenvalue weighted by Crippen LogP contribution is 2.11. The van der Waals surface area contributed by atoms with Crippen molar-refractivity contribution in [1.29, 1.82) is 0 Å². The Balaban J connectivity index is 2.08. The first kappa shape index (κ1) is 24.6. The predicted octanol–water partition coefficient (Wildman–Crippen LogP) is 1.71. The van der Waals surface area contributed by atoms with Crippen molar-refractivity contribution in [3.63, 3.8) is 0 Å². The highest BCUT2D eigenvalue weighted by atomic mass is 32.2. The van der Waals surface area contributed by atoms with Gasteiger partial charge < -0.3 is 10.1 Å². The first-order chi connectivity index (χ1) is 14.6. The van der Waals surface area contributed by atoms with E-state index in [0.717, 1.165) is 17.2 Å². The number of benzene rings is 2. The molecule has 2 rings (SSSR count). The van der Waals surface area contributed by atoms with Crippen LogP contribution in [-0.4, -0.2) is 47.9 Å². The molecule has 0 aliphatic rings. The van der Waals surface area contributed by atoms with E-state index in [2.05, 4.69) is 10.0 Å². The lowest BCUT2D eigenvalue weighted by Gasteiger charge is -2.17. The van der Waals surface area contributed by atoms with Gasteiger partial charge in [-0.25, -0.2) is 16.8 Å². The van der Waals surface area contributed by atoms with E-state index < -0.39 is 31.8 Å². The third-order valence-electron chi connectivity index (χ3n) is 4.27. The van der Waals surface area contributed by atoms with Crippen molar-refractivity contribution in [2.75, 3.05) is 19.1 Å². The van der Waals surface area contributed by atoms with Crippen molar-refractivity contribution in [1.82, 2.24) is 10.0 Å². The van der Waals surface area contributed by atoms with Crippen LogP contribution in [0.1, 0.15) is 17.5 Å². The Kier molecular flexibility index (Phi) is 8.78. The molecule has 0 saturated carbocycles. The normalized spacial score (nSPS) is 13.1. The summed E-state index contributed by atoms with van der Waals surface area (Å²) in [6, 6.07) is 14.6. The van der Waals surface area contributed by atoms with Gasteiger partial charge in [0.05, 0.1) is 12.9 Å². The molecule has 168 valence electrons. The van der Waals surface area contributed by atoms with Crippen LogP contribution in [-0.2, 0) is 31.2 Å². The molecule has 0 radical (unpaired) electrons. The number of ether oxygens (including phenoxy) is 1. The van der Waals surface area contributed by atoms with Crippen molar-refractivity contribution < 1.29 is 26.4 Å². The SMILES string of the molecule is COc1ccc(CNC(=O)C(CCS(C)(=O)=O)NS(=O)(=O)/C=C/c2ccccc2)cc1. The summed E-state index contributed by atoms with van der Waals surface area (Å²) >= 11 is 0. The number of sulfone groups is 1. The van der Waals surface area contributed by atoms with Gasteiger partial charge in [-0.2, -0.15) is 4.72 Å². The minimum absolute atomic E-state index is 0.153. The van der Waals surface area contributed by atoms with Crippen LogP contribution >= 0.6 is 0 Å². The number of sulfonamides is 1. The Morgan fingerprint density at radius 1 is 1.03 bits per heavy atom. The van der Waals surface area contributed by atoms with Gasteiger partial charge in [0.1, 0.15) is 21.6 Å². The zero-order valence-electron chi connectivity index (χ0n) is 17.3. The van der Waals surface area contributed by atoms with Gasteiger partial charge in [0, 0.05) is 18.2 Å². The van der Waals surface area contributed by atoms with Crippen molar-refractivity contribution in [3.05, 3.63) is 71.1 Å². The van der Waals surface area contributed by atoms with Gasteiger partial charge in [0.25, 0.3) is 0 Å². The third-order valence-corrected chi connectivity index (χ3v) is 6.35. The van der Waals surface area contributed by atoms with Crippen molar-refractivity contribution in [2.45, 2.75) is 19.0 Å². The number of hydrogen-bond acceptors (Lipinski definition) is 6. The highest BCUT2D eigenvalue weighted by molar-refractivity contribution is 7.92. The molecule has 0 heterocycles. The molecule has 10 heteroatoms. The van der Waals surface area contributed by atoms with Crippen molar-refractivity contribution >= 4 is 31.8 Å². The maximum atomic E-state index is 12.6. The Morgan fingerprint density at radius 3 is 2.26 bits per heavy atom. The maximum absolute atomic E-state index is 12.6. The van der Waals surface area contributed by atoms with Crippen LogP contribution in [0.3, 0.4) is 0 Å². The molecule has 1 unspecified atom stereocenters. The fourth-order valence-corrected chi connectivity index (χ4v) is 4.30. The largest absolute Gasteiger partial charge is 0.497 e. The van der Waals surface area contributed by atoms with E-state index in [1.165, 1.54) is 6.08 Å². The molecule has 2 aromatic carbocycles. The molecule has 0 aliphatic heterocycles. The van der Waals surface area contributed by atoms with Crippen LogP contribution in [0.15, 0.2) is 60.0 Å². The summed E-state index contributed by atoms with van der Waals surface area (Å²) < 4.78 is 55.3. The molecule has 0 aromatic heterocycles. The monoisotopic (exact) mass is 466 g/mol. The molecule has 2 N–H and O–H groups in total. The van der Waals surface area contributed by atoms with Crippen LogP contribution < -0.4 is 14.8 Å². The Hall–Kier alpha value is -2.69. The van der Waals surface area contributed by atoms with Crippen LogP contribution in [0.4, 0.5) is 0 Å². The van der Waals surface area contributed by atoms with E-state index in [4.69, 9.17) is 4.74 Å². The van der Waals surface area contributed by atoms with Gasteiger partial charge >= 0.3 is 0 Å². The van der Waals surface area contributed by atoms with Crippen LogP contribution in [0, 0.1) is 0 Å². The number of hydrogen-bond donors (Lipinski definition) is 2. The summed E-state index contributed by atoms with van der Waals surface area (Å²) in [5, 5.41) is 3.59. The van der Waals surface area contributed by atoms with E-state index in [-0.39, 0.29) is 18.7 Å². The lowest BCUT2D eigenvalue weighted by atomic mass is 10.2. The highest BCUT2D eigenvalue weighted by Gasteiger charge is 2.24. The molecule has 0 aliphatic carbocycles. The van der Waals surface area contributed by atoms with Gasteiger partial charge in [-0.3, -0.25) is 4.79 Å². The average molecular weight is 467 g/mol. The molecule has 0 bridgehead atoms. The minimum atomic E-state index is -3.99. The third kappa shape index (κ3) is 9.33. The molecule has 2 aromatic rings. The molecule has 0 fully saturated rings. The Morgan fingerprint density at radius 2 is 1.68 bits per heavy atom. The molecular formula is C21H26N2O6S2. The first-order valence-electron chi connectivity index (χ1n) is 9.42.